The fourth-order valence-corrected chi connectivity index (χ4v) is 12.1. The summed E-state index contributed by atoms with van der Waals surface area (Å²) < 4.78 is 5.46. The predicted molar refractivity (Wildman–Crippen MR) is 370 cm³/mol. The number of unbranched alkanes of at least 4 members (excludes halogenated alkanes) is 55. The van der Waals surface area contributed by atoms with Gasteiger partial charge in [0, 0.05) is 12.8 Å². The number of hydrogen-bond acceptors (Lipinski definition) is 5. The zero-order valence-electron chi connectivity index (χ0n) is 56.9. The third-order valence-corrected chi connectivity index (χ3v) is 17.9. The Labute approximate surface area is 525 Å². The van der Waals surface area contributed by atoms with E-state index in [1.54, 1.807) is 0 Å². The van der Waals surface area contributed by atoms with E-state index in [9.17, 15) is 19.8 Å². The smallest absolute Gasteiger partial charge is 0.305 e. The first-order chi connectivity index (χ1) is 41.5. The number of esters is 1. The molecule has 84 heavy (non-hydrogen) atoms. The van der Waals surface area contributed by atoms with Gasteiger partial charge in [-0.15, -0.1) is 0 Å². The zero-order valence-corrected chi connectivity index (χ0v) is 56.9. The maximum absolute atomic E-state index is 12.6. The maximum Gasteiger partial charge on any atom is 0.305 e. The fraction of sp³-hybridized carbons (Fsp3) is 0.897. The van der Waals surface area contributed by atoms with E-state index in [2.05, 4.69) is 55.6 Å². The van der Waals surface area contributed by atoms with Crippen molar-refractivity contribution in [1.82, 2.24) is 5.32 Å². The molecule has 0 rings (SSSR count). The second-order valence-corrected chi connectivity index (χ2v) is 26.3. The fourth-order valence-electron chi connectivity index (χ4n) is 12.1. The molecule has 0 aromatic rings. The van der Waals surface area contributed by atoms with Gasteiger partial charge in [-0.25, -0.2) is 0 Å². The van der Waals surface area contributed by atoms with Crippen LogP contribution in [0.15, 0.2) is 36.5 Å². The average molecular weight is 1180 g/mol. The van der Waals surface area contributed by atoms with E-state index >= 15 is 0 Å². The lowest BCUT2D eigenvalue weighted by Gasteiger charge is -2.22. The number of hydrogen-bond donors (Lipinski definition) is 3. The van der Waals surface area contributed by atoms with Gasteiger partial charge in [-0.1, -0.05) is 371 Å². The van der Waals surface area contributed by atoms with Crippen LogP contribution in [0, 0.1) is 0 Å². The van der Waals surface area contributed by atoms with Gasteiger partial charge >= 0.3 is 5.97 Å². The summed E-state index contributed by atoms with van der Waals surface area (Å²) in [5.74, 6) is -0.0266. The lowest BCUT2D eigenvalue weighted by Crippen LogP contribution is -2.45. The van der Waals surface area contributed by atoms with E-state index in [1.807, 2.05) is 0 Å². The Morgan fingerprint density at radius 1 is 0.333 bits per heavy atom. The SMILES string of the molecule is CCCC/C=C\CCCCCCCC(=O)OCCCCCCCCCCC/C=C\C/C=C\CCCCCCCCCCCCCCCCCC(=O)NC(CO)C(O)CCCCCCCCCCCCCCCCCCCCCCCCCCC. The molecule has 0 radical (unpaired) electrons. The highest BCUT2D eigenvalue weighted by molar-refractivity contribution is 5.76. The lowest BCUT2D eigenvalue weighted by molar-refractivity contribution is -0.143. The van der Waals surface area contributed by atoms with Crippen LogP contribution in [0.4, 0.5) is 0 Å². The van der Waals surface area contributed by atoms with E-state index in [0.29, 0.717) is 25.9 Å². The quantitative estimate of drug-likeness (QED) is 0.0320. The van der Waals surface area contributed by atoms with Gasteiger partial charge in [-0.05, 0) is 77.0 Å². The predicted octanol–water partition coefficient (Wildman–Crippen LogP) is 25.0. The number of aliphatic hydroxyl groups excluding tert-OH is 2. The van der Waals surface area contributed by atoms with Crippen LogP contribution < -0.4 is 5.32 Å². The standard InChI is InChI=1S/C78H149NO5/c1-3-5-7-9-11-13-15-16-17-18-19-20-21-29-32-35-38-41-44-47-51-54-58-62-66-70-76(81)75(74-80)79-77(82)71-67-63-59-55-52-48-45-42-39-36-33-30-27-25-23-22-24-26-28-31-34-37-40-43-46-49-53-57-61-65-69-73-84-78(83)72-68-64-60-56-50-14-12-10-8-6-4-2/h10,12,24,26,31,34,75-76,80-81H,3-9,11,13-23,25,27-30,32-33,35-74H2,1-2H3,(H,79,82)/b12-10-,26-24-,34-31-. The van der Waals surface area contributed by atoms with Gasteiger partial charge in [0.15, 0.2) is 0 Å². The van der Waals surface area contributed by atoms with Gasteiger partial charge in [-0.2, -0.15) is 0 Å². The Bertz CT molecular complexity index is 1360. The molecule has 0 saturated carbocycles. The van der Waals surface area contributed by atoms with Crippen molar-refractivity contribution < 1.29 is 24.5 Å². The van der Waals surface area contributed by atoms with Crippen LogP contribution >= 0.6 is 0 Å². The third kappa shape index (κ3) is 69.2. The molecular formula is C78H149NO5. The minimum Gasteiger partial charge on any atom is -0.466 e. The molecule has 0 aliphatic carbocycles. The van der Waals surface area contributed by atoms with Crippen molar-refractivity contribution in [3.05, 3.63) is 36.5 Å². The molecule has 3 N–H and O–H groups in total. The second-order valence-electron chi connectivity index (χ2n) is 26.3. The summed E-state index contributed by atoms with van der Waals surface area (Å²) in [5.41, 5.74) is 0. The molecule has 1 amide bonds. The van der Waals surface area contributed by atoms with Crippen LogP contribution in [0.25, 0.3) is 0 Å². The third-order valence-electron chi connectivity index (χ3n) is 17.9. The van der Waals surface area contributed by atoms with Crippen molar-refractivity contribution in [1.29, 1.82) is 0 Å². The monoisotopic (exact) mass is 1180 g/mol. The second kappa shape index (κ2) is 73.5. The Morgan fingerprint density at radius 2 is 0.607 bits per heavy atom. The zero-order chi connectivity index (χ0) is 60.6. The Kier molecular flexibility index (Phi) is 71.9. The Morgan fingerprint density at radius 3 is 0.952 bits per heavy atom. The minimum absolute atomic E-state index is 0.00259. The van der Waals surface area contributed by atoms with Crippen LogP contribution in [0.1, 0.15) is 425 Å². The van der Waals surface area contributed by atoms with Crippen molar-refractivity contribution in [2.24, 2.45) is 0 Å². The molecule has 0 spiro atoms. The highest BCUT2D eigenvalue weighted by Gasteiger charge is 2.20. The number of amides is 1. The molecule has 6 nitrogen and oxygen atoms in total. The molecule has 0 aliphatic rings. The first-order valence-electron chi connectivity index (χ1n) is 38.2. The highest BCUT2D eigenvalue weighted by atomic mass is 16.5. The van der Waals surface area contributed by atoms with E-state index in [-0.39, 0.29) is 18.5 Å². The van der Waals surface area contributed by atoms with Gasteiger partial charge in [0.2, 0.25) is 5.91 Å². The molecule has 496 valence electrons. The lowest BCUT2D eigenvalue weighted by atomic mass is 10.0. The van der Waals surface area contributed by atoms with Crippen molar-refractivity contribution in [3.8, 4) is 0 Å². The summed E-state index contributed by atoms with van der Waals surface area (Å²) in [6, 6.07) is -0.543. The molecule has 0 aliphatic heterocycles. The largest absolute Gasteiger partial charge is 0.466 e. The van der Waals surface area contributed by atoms with Crippen molar-refractivity contribution in [2.45, 2.75) is 437 Å². The number of ether oxygens (including phenoxy) is 1. The topological polar surface area (TPSA) is 95.9 Å². The molecule has 0 aromatic carbocycles. The molecule has 2 unspecified atom stereocenters. The average Bonchev–Trinajstić information content (AvgIpc) is 3.51. The summed E-state index contributed by atoms with van der Waals surface area (Å²) in [4.78, 5) is 24.6. The van der Waals surface area contributed by atoms with Crippen LogP contribution in [0.5, 0.6) is 0 Å². The van der Waals surface area contributed by atoms with E-state index in [0.717, 1.165) is 51.4 Å². The Hall–Kier alpha value is -1.92. The number of allylic oxidation sites excluding steroid dienone is 6. The van der Waals surface area contributed by atoms with Crippen molar-refractivity contribution in [3.63, 3.8) is 0 Å². The van der Waals surface area contributed by atoms with Crippen molar-refractivity contribution >= 4 is 11.9 Å². The van der Waals surface area contributed by atoms with Gasteiger partial charge < -0.3 is 20.3 Å². The minimum atomic E-state index is -0.666. The summed E-state index contributed by atoms with van der Waals surface area (Å²) in [7, 11) is 0. The maximum atomic E-state index is 12.6. The summed E-state index contributed by atoms with van der Waals surface area (Å²) >= 11 is 0. The van der Waals surface area contributed by atoms with E-state index < -0.39 is 12.1 Å². The van der Waals surface area contributed by atoms with Gasteiger partial charge in [0.25, 0.3) is 0 Å². The van der Waals surface area contributed by atoms with Crippen LogP contribution in [0.2, 0.25) is 0 Å². The number of carbonyl (C=O) groups is 2. The number of aliphatic hydroxyl groups is 2. The number of rotatable bonds is 72. The summed E-state index contributed by atoms with van der Waals surface area (Å²) in [6.07, 6.45) is 95.1. The van der Waals surface area contributed by atoms with E-state index in [4.69, 9.17) is 4.74 Å². The summed E-state index contributed by atoms with van der Waals surface area (Å²) in [6.45, 7) is 4.95. The molecule has 0 heterocycles. The molecule has 6 heteroatoms. The Balaban J connectivity index is 3.40. The first-order valence-corrected chi connectivity index (χ1v) is 38.2. The molecule has 0 bridgehead atoms. The van der Waals surface area contributed by atoms with E-state index in [1.165, 1.54) is 340 Å². The van der Waals surface area contributed by atoms with Crippen LogP contribution in [-0.4, -0.2) is 47.4 Å². The molecule has 0 fully saturated rings. The van der Waals surface area contributed by atoms with Gasteiger partial charge in [0.05, 0.1) is 25.4 Å². The first kappa shape index (κ1) is 82.1. The van der Waals surface area contributed by atoms with Gasteiger partial charge in [0.1, 0.15) is 0 Å². The number of carbonyl (C=O) groups excluding carboxylic acids is 2. The number of nitrogens with one attached hydrogen (secondary N) is 1. The van der Waals surface area contributed by atoms with Crippen LogP contribution in [-0.2, 0) is 14.3 Å². The molecular weight excluding hydrogens is 1030 g/mol. The normalized spacial score (nSPS) is 12.7. The van der Waals surface area contributed by atoms with Crippen molar-refractivity contribution in [2.75, 3.05) is 13.2 Å². The molecule has 0 aromatic heterocycles. The highest BCUT2D eigenvalue weighted by Crippen LogP contribution is 2.19. The van der Waals surface area contributed by atoms with Crippen LogP contribution in [0.3, 0.4) is 0 Å². The molecule has 0 saturated heterocycles. The van der Waals surface area contributed by atoms with Gasteiger partial charge in [-0.3, -0.25) is 9.59 Å². The summed E-state index contributed by atoms with van der Waals surface area (Å²) in [5, 5.41) is 23.5. The molecule has 2 atom stereocenters.